The van der Waals surface area contributed by atoms with Crippen LogP contribution in [-0.4, -0.2) is 10.8 Å². The second-order valence-corrected chi connectivity index (χ2v) is 5.05. The molecule has 2 aromatic rings. The van der Waals surface area contributed by atoms with Gasteiger partial charge in [0.1, 0.15) is 0 Å². The lowest BCUT2D eigenvalue weighted by Gasteiger charge is -2.18. The van der Waals surface area contributed by atoms with Crippen LogP contribution in [0.5, 0.6) is 0 Å². The van der Waals surface area contributed by atoms with Crippen molar-refractivity contribution >= 4 is 11.6 Å². The quantitative estimate of drug-likeness (QED) is 0.674. The van der Waals surface area contributed by atoms with E-state index in [2.05, 4.69) is 5.32 Å². The minimum absolute atomic E-state index is 0.0413. The van der Waals surface area contributed by atoms with E-state index < -0.39 is 4.92 Å². The summed E-state index contributed by atoms with van der Waals surface area (Å²) in [6.45, 7) is 3.58. The van der Waals surface area contributed by atoms with Gasteiger partial charge in [0, 0.05) is 17.2 Å². The highest BCUT2D eigenvalue weighted by atomic mass is 16.6. The normalized spacial score (nSPS) is 11.7. The lowest BCUT2D eigenvalue weighted by Crippen LogP contribution is -2.28. The first kappa shape index (κ1) is 15.7. The molecule has 114 valence electrons. The third-order valence-corrected chi connectivity index (χ3v) is 3.66. The molecule has 1 amide bonds. The molecule has 0 saturated heterocycles. The van der Waals surface area contributed by atoms with Crippen LogP contribution >= 0.6 is 0 Å². The summed E-state index contributed by atoms with van der Waals surface area (Å²) < 4.78 is 0. The number of nitro benzene ring substituents is 1. The first-order valence-electron chi connectivity index (χ1n) is 7.14. The van der Waals surface area contributed by atoms with Crippen LogP contribution in [0.3, 0.4) is 0 Å². The van der Waals surface area contributed by atoms with Crippen molar-refractivity contribution in [3.05, 3.63) is 75.3 Å². The van der Waals surface area contributed by atoms with E-state index in [1.807, 2.05) is 37.3 Å². The van der Waals surface area contributed by atoms with E-state index in [-0.39, 0.29) is 17.6 Å². The molecule has 0 aliphatic heterocycles. The van der Waals surface area contributed by atoms with E-state index in [0.717, 1.165) is 12.0 Å². The van der Waals surface area contributed by atoms with Crippen molar-refractivity contribution in [2.24, 2.45) is 0 Å². The van der Waals surface area contributed by atoms with Gasteiger partial charge in [0.05, 0.1) is 11.0 Å². The van der Waals surface area contributed by atoms with E-state index in [4.69, 9.17) is 0 Å². The van der Waals surface area contributed by atoms with Crippen molar-refractivity contribution in [1.82, 2.24) is 5.32 Å². The van der Waals surface area contributed by atoms with Crippen LogP contribution < -0.4 is 5.32 Å². The van der Waals surface area contributed by atoms with Crippen LogP contribution in [0.2, 0.25) is 0 Å². The van der Waals surface area contributed by atoms with E-state index in [0.29, 0.717) is 11.1 Å². The Labute approximate surface area is 129 Å². The molecule has 2 rings (SSSR count). The predicted molar refractivity (Wildman–Crippen MR) is 84.8 cm³/mol. The number of nitrogens with zero attached hydrogens (tertiary/aromatic N) is 1. The fraction of sp³-hybridized carbons (Fsp3) is 0.235. The van der Waals surface area contributed by atoms with Crippen LogP contribution in [0.4, 0.5) is 5.69 Å². The van der Waals surface area contributed by atoms with Gasteiger partial charge in [-0.15, -0.1) is 0 Å². The van der Waals surface area contributed by atoms with Crippen LogP contribution in [0.25, 0.3) is 0 Å². The molecular formula is C17H18N2O3. The zero-order valence-corrected chi connectivity index (χ0v) is 12.6. The van der Waals surface area contributed by atoms with Crippen molar-refractivity contribution in [2.45, 2.75) is 26.3 Å². The van der Waals surface area contributed by atoms with Gasteiger partial charge in [-0.2, -0.15) is 0 Å². The van der Waals surface area contributed by atoms with Gasteiger partial charge in [-0.3, -0.25) is 14.9 Å². The van der Waals surface area contributed by atoms with Crippen LogP contribution in [0.1, 0.15) is 40.9 Å². The van der Waals surface area contributed by atoms with Gasteiger partial charge in [-0.25, -0.2) is 0 Å². The highest BCUT2D eigenvalue weighted by Gasteiger charge is 2.20. The standard InChI is InChI=1S/C17H18N2O3/c1-3-15(13-8-5-4-6-9-13)18-17(20)14-10-7-11-16(12(14)2)19(21)22/h4-11,15H,3H2,1-2H3,(H,18,20)/t15-/m1/s1. The molecule has 0 aliphatic rings. The summed E-state index contributed by atoms with van der Waals surface area (Å²) in [7, 11) is 0. The average Bonchev–Trinajstić information content (AvgIpc) is 2.53. The Morgan fingerprint density at radius 1 is 1.18 bits per heavy atom. The minimum Gasteiger partial charge on any atom is -0.345 e. The first-order valence-corrected chi connectivity index (χ1v) is 7.14. The molecule has 0 aliphatic carbocycles. The zero-order valence-electron chi connectivity index (χ0n) is 12.6. The molecule has 0 spiro atoms. The summed E-state index contributed by atoms with van der Waals surface area (Å²) in [5.74, 6) is -0.295. The van der Waals surface area contributed by atoms with E-state index in [9.17, 15) is 14.9 Å². The molecule has 22 heavy (non-hydrogen) atoms. The fourth-order valence-electron chi connectivity index (χ4n) is 2.41. The summed E-state index contributed by atoms with van der Waals surface area (Å²) in [6, 6.07) is 14.1. The summed E-state index contributed by atoms with van der Waals surface area (Å²) in [6.07, 6.45) is 0.740. The molecule has 0 unspecified atom stereocenters. The molecule has 1 atom stereocenters. The molecule has 5 nitrogen and oxygen atoms in total. The summed E-state index contributed by atoms with van der Waals surface area (Å²) in [5, 5.41) is 13.9. The van der Waals surface area contributed by atoms with Crippen LogP contribution in [0.15, 0.2) is 48.5 Å². The van der Waals surface area contributed by atoms with E-state index in [1.54, 1.807) is 13.0 Å². The Morgan fingerprint density at radius 2 is 1.86 bits per heavy atom. The molecule has 5 heteroatoms. The maximum atomic E-state index is 12.4. The maximum absolute atomic E-state index is 12.4. The van der Waals surface area contributed by atoms with Gasteiger partial charge in [0.15, 0.2) is 0 Å². The van der Waals surface area contributed by atoms with Gasteiger partial charge >= 0.3 is 0 Å². The monoisotopic (exact) mass is 298 g/mol. The maximum Gasteiger partial charge on any atom is 0.273 e. The minimum atomic E-state index is -0.472. The molecule has 0 aromatic heterocycles. The van der Waals surface area contributed by atoms with Crippen LogP contribution in [0, 0.1) is 17.0 Å². The van der Waals surface area contributed by atoms with E-state index >= 15 is 0 Å². The molecule has 0 radical (unpaired) electrons. The van der Waals surface area contributed by atoms with Crippen molar-refractivity contribution in [1.29, 1.82) is 0 Å². The number of nitro groups is 1. The van der Waals surface area contributed by atoms with Gasteiger partial charge in [0.2, 0.25) is 0 Å². The highest BCUT2D eigenvalue weighted by Crippen LogP contribution is 2.22. The largest absolute Gasteiger partial charge is 0.345 e. The molecule has 0 saturated carbocycles. The predicted octanol–water partition coefficient (Wildman–Crippen LogP) is 3.78. The second-order valence-electron chi connectivity index (χ2n) is 5.05. The van der Waals surface area contributed by atoms with Gasteiger partial charge < -0.3 is 5.32 Å². The average molecular weight is 298 g/mol. The van der Waals surface area contributed by atoms with E-state index in [1.165, 1.54) is 12.1 Å². The third kappa shape index (κ3) is 3.31. The Balaban J connectivity index is 2.25. The third-order valence-electron chi connectivity index (χ3n) is 3.66. The number of carbonyl (C=O) groups is 1. The van der Waals surface area contributed by atoms with Gasteiger partial charge in [0.25, 0.3) is 11.6 Å². The van der Waals surface area contributed by atoms with Crippen molar-refractivity contribution in [3.63, 3.8) is 0 Å². The summed E-state index contributed by atoms with van der Waals surface area (Å²) in [5.41, 5.74) is 1.69. The van der Waals surface area contributed by atoms with Crippen molar-refractivity contribution in [3.8, 4) is 0 Å². The molecule has 0 fully saturated rings. The summed E-state index contributed by atoms with van der Waals surface area (Å²) >= 11 is 0. The Bertz CT molecular complexity index is 684. The number of rotatable bonds is 5. The lowest BCUT2D eigenvalue weighted by atomic mass is 10.0. The van der Waals surface area contributed by atoms with Crippen molar-refractivity contribution < 1.29 is 9.72 Å². The molecule has 0 heterocycles. The topological polar surface area (TPSA) is 72.2 Å². The Hall–Kier alpha value is -2.69. The highest BCUT2D eigenvalue weighted by molar-refractivity contribution is 5.96. The lowest BCUT2D eigenvalue weighted by molar-refractivity contribution is -0.385. The smallest absolute Gasteiger partial charge is 0.273 e. The molecule has 0 bridgehead atoms. The second kappa shape index (κ2) is 6.85. The van der Waals surface area contributed by atoms with Gasteiger partial charge in [-0.05, 0) is 25.0 Å². The van der Waals surface area contributed by atoms with Crippen molar-refractivity contribution in [2.75, 3.05) is 0 Å². The number of nitrogens with one attached hydrogen (secondary N) is 1. The van der Waals surface area contributed by atoms with Gasteiger partial charge in [-0.1, -0.05) is 43.3 Å². The molecule has 1 N–H and O–H groups in total. The number of benzene rings is 2. The number of hydrogen-bond donors (Lipinski definition) is 1. The first-order chi connectivity index (χ1) is 10.5. The molecule has 2 aromatic carbocycles. The fourth-order valence-corrected chi connectivity index (χ4v) is 2.41. The number of carbonyl (C=O) groups excluding carboxylic acids is 1. The SMILES string of the molecule is CC[C@@H](NC(=O)c1cccc([N+](=O)[O-])c1C)c1ccccc1. The molecular weight excluding hydrogens is 280 g/mol. The number of hydrogen-bond acceptors (Lipinski definition) is 3. The van der Waals surface area contributed by atoms with Crippen LogP contribution in [-0.2, 0) is 0 Å². The Morgan fingerprint density at radius 3 is 2.45 bits per heavy atom. The summed E-state index contributed by atoms with van der Waals surface area (Å²) in [4.78, 5) is 22.9. The Kier molecular flexibility index (Phi) is 4.88. The zero-order chi connectivity index (χ0) is 16.1. The number of amides is 1.